The average Bonchev–Trinajstić information content (AvgIpc) is 3.00. The molecule has 0 fully saturated rings. The lowest BCUT2D eigenvalue weighted by atomic mass is 10.0. The summed E-state index contributed by atoms with van der Waals surface area (Å²) in [6.45, 7) is 3.70. The van der Waals surface area contributed by atoms with Crippen molar-refractivity contribution in [3.05, 3.63) is 0 Å². The molecule has 0 aromatic rings. The lowest BCUT2D eigenvalue weighted by molar-refractivity contribution is -0.870. The third-order valence-electron chi connectivity index (χ3n) is 8.61. The minimum atomic E-state index is -4.14. The van der Waals surface area contributed by atoms with Crippen LogP contribution in [0, 0.1) is 0 Å². The fourth-order valence-corrected chi connectivity index (χ4v) is 6.36. The molecule has 0 saturated carbocycles. The van der Waals surface area contributed by atoms with Crippen molar-refractivity contribution in [2.75, 3.05) is 61.2 Å². The first-order chi connectivity index (χ1) is 22.1. The van der Waals surface area contributed by atoms with Crippen LogP contribution in [0.5, 0.6) is 0 Å². The van der Waals surface area contributed by atoms with Crippen LogP contribution in [-0.2, 0) is 27.9 Å². The first-order valence-electron chi connectivity index (χ1n) is 19.1. The lowest BCUT2D eigenvalue weighted by Gasteiger charge is -2.23. The van der Waals surface area contributed by atoms with Crippen LogP contribution in [0.4, 0.5) is 0 Å². The zero-order valence-electron chi connectivity index (χ0n) is 31.1. The number of hydrogen-bond donors (Lipinski definition) is 1. The second-order valence-corrected chi connectivity index (χ2v) is 15.9. The fraction of sp³-hybridized carbons (Fsp3) is 0.973. The number of hydrogen-bond acceptors (Lipinski definition) is 6. The molecule has 0 saturated heterocycles. The predicted molar refractivity (Wildman–Crippen MR) is 192 cm³/mol. The summed E-state index contributed by atoms with van der Waals surface area (Å²) in [6.07, 6.45) is 30.1. The zero-order valence-corrected chi connectivity index (χ0v) is 32.0. The van der Waals surface area contributed by atoms with Crippen LogP contribution >= 0.6 is 7.82 Å². The molecule has 2 atom stereocenters. The molecular formula is C37H77NO7P+. The van der Waals surface area contributed by atoms with E-state index in [1.807, 2.05) is 0 Å². The Morgan fingerprint density at radius 3 is 1.52 bits per heavy atom. The second-order valence-electron chi connectivity index (χ2n) is 14.4. The van der Waals surface area contributed by atoms with Gasteiger partial charge >= 0.3 is 7.82 Å². The van der Waals surface area contributed by atoms with Gasteiger partial charge in [-0.1, -0.05) is 135 Å². The molecule has 1 N–H and O–H groups in total. The van der Waals surface area contributed by atoms with Crippen molar-refractivity contribution in [3.8, 4) is 0 Å². The Kier molecular flexibility index (Phi) is 31.7. The standard InChI is InChI=1S/C37H76NO7P/c1-6-7-8-9-10-11-12-13-14-15-16-17-18-21-24-27-30-36(39)33-43-34-37(42-5)35-45-46(40,41)44-32-29-26-23-20-19-22-25-28-31-38(2,3)4/h37H,6-35H2,1-5H3/p+1. The molecule has 0 radical (unpaired) electrons. The summed E-state index contributed by atoms with van der Waals surface area (Å²) in [6, 6.07) is 0. The van der Waals surface area contributed by atoms with E-state index in [9.17, 15) is 14.3 Å². The Hall–Kier alpha value is -0.340. The number of ether oxygens (including phenoxy) is 2. The predicted octanol–water partition coefficient (Wildman–Crippen LogP) is 10.2. The van der Waals surface area contributed by atoms with Crippen LogP contribution in [0.25, 0.3) is 0 Å². The van der Waals surface area contributed by atoms with Gasteiger partial charge in [-0.2, -0.15) is 0 Å². The number of nitrogens with zero attached hydrogens (tertiary/aromatic N) is 1. The van der Waals surface area contributed by atoms with E-state index in [2.05, 4.69) is 28.1 Å². The topological polar surface area (TPSA) is 91.3 Å². The summed E-state index contributed by atoms with van der Waals surface area (Å²) in [5.74, 6) is 0.0807. The smallest absolute Gasteiger partial charge is 0.377 e. The van der Waals surface area contributed by atoms with E-state index >= 15 is 0 Å². The Morgan fingerprint density at radius 1 is 0.630 bits per heavy atom. The third-order valence-corrected chi connectivity index (χ3v) is 9.59. The Labute approximate surface area is 285 Å². The van der Waals surface area contributed by atoms with E-state index in [0.717, 1.165) is 36.6 Å². The Balaban J connectivity index is 3.61. The number of methoxy groups -OCH3 is 1. The molecule has 0 heterocycles. The lowest BCUT2D eigenvalue weighted by Crippen LogP contribution is -2.35. The number of rotatable bonds is 37. The van der Waals surface area contributed by atoms with Crippen LogP contribution in [0.15, 0.2) is 0 Å². The molecule has 8 nitrogen and oxygen atoms in total. The zero-order chi connectivity index (χ0) is 34.2. The Bertz CT molecular complexity index is 716. The average molecular weight is 679 g/mol. The molecule has 9 heteroatoms. The van der Waals surface area contributed by atoms with Gasteiger partial charge in [0.05, 0.1) is 47.5 Å². The molecule has 0 rings (SSSR count). The van der Waals surface area contributed by atoms with Crippen LogP contribution in [0.1, 0.15) is 167 Å². The van der Waals surface area contributed by atoms with Gasteiger partial charge in [0.1, 0.15) is 12.7 Å². The maximum atomic E-state index is 12.2. The molecule has 0 aliphatic heterocycles. The van der Waals surface area contributed by atoms with Gasteiger partial charge in [-0.3, -0.25) is 13.8 Å². The summed E-state index contributed by atoms with van der Waals surface area (Å²) in [5.41, 5.74) is 0. The van der Waals surface area contributed by atoms with Crippen molar-refractivity contribution in [2.45, 2.75) is 174 Å². The summed E-state index contributed by atoms with van der Waals surface area (Å²) in [5, 5.41) is 0. The minimum absolute atomic E-state index is 0.0299. The number of quaternary nitrogens is 1. The van der Waals surface area contributed by atoms with Crippen LogP contribution < -0.4 is 0 Å². The van der Waals surface area contributed by atoms with Gasteiger partial charge in [0.2, 0.25) is 0 Å². The van der Waals surface area contributed by atoms with Crippen LogP contribution in [-0.4, -0.2) is 82.5 Å². The summed E-state index contributed by atoms with van der Waals surface area (Å²) >= 11 is 0. The molecule has 0 amide bonds. The van der Waals surface area contributed by atoms with Crippen molar-refractivity contribution < 1.29 is 37.3 Å². The van der Waals surface area contributed by atoms with E-state index in [1.165, 1.54) is 136 Å². The fourth-order valence-electron chi connectivity index (χ4n) is 5.57. The van der Waals surface area contributed by atoms with Gasteiger partial charge in [-0.05, 0) is 25.7 Å². The molecule has 2 unspecified atom stereocenters. The van der Waals surface area contributed by atoms with Crippen molar-refractivity contribution in [2.24, 2.45) is 0 Å². The van der Waals surface area contributed by atoms with Crippen molar-refractivity contribution in [3.63, 3.8) is 0 Å². The molecular weight excluding hydrogens is 601 g/mol. The first-order valence-corrected chi connectivity index (χ1v) is 20.6. The first kappa shape index (κ1) is 45.7. The highest BCUT2D eigenvalue weighted by Crippen LogP contribution is 2.43. The number of carbonyl (C=O) groups excluding carboxylic acids is 1. The maximum Gasteiger partial charge on any atom is 0.472 e. The van der Waals surface area contributed by atoms with Crippen LogP contribution in [0.3, 0.4) is 0 Å². The number of carbonyl (C=O) groups is 1. The number of unbranched alkanes of at least 4 members (excludes halogenated alkanes) is 22. The SMILES string of the molecule is CCCCCCCCCCCCCCCCCCC(=O)COCC(COP(=O)(O)OCCCCCCCCCC[N+](C)(C)C)OC. The molecule has 0 aromatic heterocycles. The van der Waals surface area contributed by atoms with Crippen molar-refractivity contribution >= 4 is 13.6 Å². The van der Waals surface area contributed by atoms with Crippen LogP contribution in [0.2, 0.25) is 0 Å². The largest absolute Gasteiger partial charge is 0.472 e. The highest BCUT2D eigenvalue weighted by molar-refractivity contribution is 7.47. The monoisotopic (exact) mass is 679 g/mol. The van der Waals surface area contributed by atoms with E-state index in [1.54, 1.807) is 0 Å². The van der Waals surface area contributed by atoms with Gasteiger partial charge in [0.25, 0.3) is 0 Å². The van der Waals surface area contributed by atoms with E-state index in [0.29, 0.717) is 6.42 Å². The molecule has 0 bridgehead atoms. The normalized spacial score (nSPS) is 14.0. The molecule has 46 heavy (non-hydrogen) atoms. The number of phosphoric acid groups is 1. The summed E-state index contributed by atoms with van der Waals surface area (Å²) < 4.78 is 34.3. The van der Waals surface area contributed by atoms with E-state index < -0.39 is 13.9 Å². The molecule has 0 aromatic carbocycles. The summed E-state index contributed by atoms with van der Waals surface area (Å²) in [4.78, 5) is 22.2. The van der Waals surface area contributed by atoms with Gasteiger partial charge in [0.15, 0.2) is 5.78 Å². The maximum absolute atomic E-state index is 12.2. The van der Waals surface area contributed by atoms with Gasteiger partial charge in [-0.15, -0.1) is 0 Å². The van der Waals surface area contributed by atoms with E-state index in [-0.39, 0.29) is 32.2 Å². The number of ketones is 1. The van der Waals surface area contributed by atoms with Crippen molar-refractivity contribution in [1.29, 1.82) is 0 Å². The highest BCUT2D eigenvalue weighted by Gasteiger charge is 2.23. The molecule has 0 aliphatic carbocycles. The highest BCUT2D eigenvalue weighted by atomic mass is 31.2. The molecule has 276 valence electrons. The third kappa shape index (κ3) is 35.0. The Morgan fingerprint density at radius 2 is 1.07 bits per heavy atom. The van der Waals surface area contributed by atoms with E-state index in [4.69, 9.17) is 18.5 Å². The van der Waals surface area contributed by atoms with Crippen molar-refractivity contribution in [1.82, 2.24) is 0 Å². The van der Waals surface area contributed by atoms with Gasteiger partial charge < -0.3 is 18.9 Å². The molecule has 0 spiro atoms. The summed E-state index contributed by atoms with van der Waals surface area (Å²) in [7, 11) is 4.04. The minimum Gasteiger partial charge on any atom is -0.377 e. The number of phosphoric ester groups is 1. The van der Waals surface area contributed by atoms with Gasteiger partial charge in [0, 0.05) is 13.5 Å². The molecule has 0 aliphatic rings. The quantitative estimate of drug-likeness (QED) is 0.0397. The second kappa shape index (κ2) is 31.9. The van der Waals surface area contributed by atoms with Gasteiger partial charge in [-0.25, -0.2) is 4.57 Å². The number of Topliss-reactive ketones (excluding diaryl/α,β-unsaturated/α-hetero) is 1.